The highest BCUT2D eigenvalue weighted by molar-refractivity contribution is 7.89. The Kier molecular flexibility index (Phi) is 5.36. The maximum atomic E-state index is 12.8. The number of unbranched alkanes of at least 4 members (excludes halogenated alkanes) is 1. The molecule has 0 saturated heterocycles. The minimum absolute atomic E-state index is 0.00223. The summed E-state index contributed by atoms with van der Waals surface area (Å²) in [5, 5.41) is 13.9. The second-order valence-corrected chi connectivity index (χ2v) is 9.23. The first-order valence-electron chi connectivity index (χ1n) is 9.60. The van der Waals surface area contributed by atoms with Gasteiger partial charge in [-0.15, -0.1) is 10.2 Å². The highest BCUT2D eigenvalue weighted by Crippen LogP contribution is 2.49. The van der Waals surface area contributed by atoms with E-state index in [1.54, 1.807) is 24.3 Å². The van der Waals surface area contributed by atoms with E-state index < -0.39 is 10.0 Å². The summed E-state index contributed by atoms with van der Waals surface area (Å²) in [5.74, 6) is 2.05. The van der Waals surface area contributed by atoms with E-state index >= 15 is 0 Å². The Bertz CT molecular complexity index is 867. The molecular weight excluding hydrogens is 362 g/mol. The number of hydrogen-bond acceptors (Lipinski definition) is 5. The van der Waals surface area contributed by atoms with Crippen LogP contribution in [-0.4, -0.2) is 35.1 Å². The van der Waals surface area contributed by atoms with Gasteiger partial charge < -0.3 is 0 Å². The number of fused-ring (bicyclic) bond motifs is 2. The number of aromatic amines is 1. The smallest absolute Gasteiger partial charge is 0.207 e. The number of H-pyrrole nitrogens is 1. The summed E-state index contributed by atoms with van der Waals surface area (Å²) in [6, 6.07) is 8.66. The van der Waals surface area contributed by atoms with Crippen molar-refractivity contribution < 1.29 is 8.42 Å². The van der Waals surface area contributed by atoms with E-state index in [1.165, 1.54) is 6.42 Å². The lowest BCUT2D eigenvalue weighted by molar-refractivity contribution is 0.320. The third-order valence-electron chi connectivity index (χ3n) is 5.84. The minimum Gasteiger partial charge on any atom is -0.207 e. The number of allylic oxidation sites excluding steroid dienone is 1. The van der Waals surface area contributed by atoms with Gasteiger partial charge in [0.05, 0.1) is 4.90 Å². The van der Waals surface area contributed by atoms with Crippen LogP contribution in [0.25, 0.3) is 0 Å². The van der Waals surface area contributed by atoms with Crippen molar-refractivity contribution in [2.24, 2.45) is 17.8 Å². The van der Waals surface area contributed by atoms with Crippen LogP contribution in [-0.2, 0) is 16.4 Å². The summed E-state index contributed by atoms with van der Waals surface area (Å²) >= 11 is 0. The largest absolute Gasteiger partial charge is 0.240 e. The Morgan fingerprint density at radius 2 is 2.00 bits per heavy atom. The van der Waals surface area contributed by atoms with Crippen LogP contribution in [0, 0.1) is 17.8 Å². The Hall–Kier alpha value is -2.06. The van der Waals surface area contributed by atoms with Crippen LogP contribution in [0.3, 0.4) is 0 Å². The third kappa shape index (κ3) is 4.11. The van der Waals surface area contributed by atoms with Gasteiger partial charge in [0, 0.05) is 12.5 Å². The maximum Gasteiger partial charge on any atom is 0.240 e. The summed E-state index contributed by atoms with van der Waals surface area (Å²) < 4.78 is 28.5. The van der Waals surface area contributed by atoms with Crippen molar-refractivity contribution in [3.63, 3.8) is 0 Å². The molecule has 2 saturated carbocycles. The van der Waals surface area contributed by atoms with E-state index in [1.807, 2.05) is 6.07 Å². The molecule has 0 radical (unpaired) electrons. The molecule has 7 nitrogen and oxygen atoms in total. The molecule has 4 atom stereocenters. The number of hydrogen-bond donors (Lipinski definition) is 2. The summed E-state index contributed by atoms with van der Waals surface area (Å²) in [6.45, 7) is 0. The van der Waals surface area contributed by atoms with Crippen LogP contribution in [0.2, 0.25) is 0 Å². The van der Waals surface area contributed by atoms with Crippen LogP contribution in [0.15, 0.2) is 47.4 Å². The maximum absolute atomic E-state index is 12.8. The van der Waals surface area contributed by atoms with Crippen LogP contribution in [0.5, 0.6) is 0 Å². The highest BCUT2D eigenvalue weighted by atomic mass is 32.2. The molecule has 0 spiro atoms. The van der Waals surface area contributed by atoms with Gasteiger partial charge in [-0.1, -0.05) is 35.6 Å². The average molecular weight is 388 g/mol. The van der Waals surface area contributed by atoms with E-state index in [9.17, 15) is 8.42 Å². The SMILES string of the molecule is O=S(=O)(N[C@H]1[C@H]2CC[C@H](C2)[C@@H]1/C=C\CCCc1nn[nH]n1)c1ccccc1. The Morgan fingerprint density at radius 3 is 2.78 bits per heavy atom. The lowest BCUT2D eigenvalue weighted by atomic mass is 9.84. The zero-order valence-corrected chi connectivity index (χ0v) is 16.0. The fourth-order valence-corrected chi connectivity index (χ4v) is 5.91. The van der Waals surface area contributed by atoms with E-state index in [0.717, 1.165) is 37.9 Å². The number of aromatic nitrogens is 4. The molecule has 1 heterocycles. The topological polar surface area (TPSA) is 101 Å². The Balaban J connectivity index is 1.38. The molecule has 27 heavy (non-hydrogen) atoms. The molecule has 2 bridgehead atoms. The first-order valence-corrected chi connectivity index (χ1v) is 11.1. The first-order chi connectivity index (χ1) is 13.1. The molecule has 1 aromatic heterocycles. The van der Waals surface area contributed by atoms with Crippen LogP contribution < -0.4 is 4.72 Å². The van der Waals surface area contributed by atoms with Crippen LogP contribution >= 0.6 is 0 Å². The molecule has 144 valence electrons. The summed E-state index contributed by atoms with van der Waals surface area (Å²) in [7, 11) is -3.47. The van der Waals surface area contributed by atoms with Crippen molar-refractivity contribution >= 4 is 10.0 Å². The third-order valence-corrected chi connectivity index (χ3v) is 7.32. The Labute approximate surface area is 159 Å². The fourth-order valence-electron chi connectivity index (χ4n) is 4.55. The molecule has 0 unspecified atom stereocenters. The number of aryl methyl sites for hydroxylation is 1. The first kappa shape index (κ1) is 18.3. The van der Waals surface area contributed by atoms with Gasteiger partial charge in [-0.05, 0) is 62.0 Å². The number of nitrogens with zero attached hydrogens (tertiary/aromatic N) is 3. The second kappa shape index (κ2) is 7.90. The molecule has 0 aliphatic heterocycles. The molecule has 1 aromatic carbocycles. The molecule has 8 heteroatoms. The highest BCUT2D eigenvalue weighted by Gasteiger charge is 2.47. The number of tetrazole rings is 1. The fraction of sp³-hybridized carbons (Fsp3) is 0.526. The molecule has 2 aliphatic carbocycles. The van der Waals surface area contributed by atoms with E-state index in [2.05, 4.69) is 37.5 Å². The van der Waals surface area contributed by atoms with Crippen LogP contribution in [0.1, 0.15) is 37.9 Å². The molecule has 2 aliphatic rings. The van der Waals surface area contributed by atoms with Gasteiger partial charge in [0.15, 0.2) is 5.82 Å². The second-order valence-electron chi connectivity index (χ2n) is 7.52. The predicted octanol–water partition coefficient (Wildman–Crippen LogP) is 2.47. The van der Waals surface area contributed by atoms with E-state index in [4.69, 9.17) is 0 Å². The van der Waals surface area contributed by atoms with Gasteiger partial charge in [0.1, 0.15) is 0 Å². The summed E-state index contributed by atoms with van der Waals surface area (Å²) in [5.41, 5.74) is 0. The van der Waals surface area contributed by atoms with Gasteiger partial charge in [-0.2, -0.15) is 5.21 Å². The van der Waals surface area contributed by atoms with Gasteiger partial charge in [-0.25, -0.2) is 13.1 Å². The molecule has 2 fully saturated rings. The normalized spacial score (nSPS) is 27.6. The lowest BCUT2D eigenvalue weighted by Gasteiger charge is -2.29. The van der Waals surface area contributed by atoms with Gasteiger partial charge in [0.2, 0.25) is 10.0 Å². The minimum atomic E-state index is -3.47. The summed E-state index contributed by atoms with van der Waals surface area (Å²) in [6.07, 6.45) is 10.5. The van der Waals surface area contributed by atoms with Crippen molar-refractivity contribution in [1.82, 2.24) is 25.3 Å². The zero-order chi connectivity index (χ0) is 18.7. The quantitative estimate of drug-likeness (QED) is 0.535. The zero-order valence-electron chi connectivity index (χ0n) is 15.2. The number of benzene rings is 1. The van der Waals surface area contributed by atoms with Gasteiger partial charge in [0.25, 0.3) is 0 Å². The van der Waals surface area contributed by atoms with Crippen LogP contribution in [0.4, 0.5) is 0 Å². The van der Waals surface area contributed by atoms with Crippen molar-refractivity contribution in [3.05, 3.63) is 48.3 Å². The molecule has 2 N–H and O–H groups in total. The molecular formula is C19H25N5O2S. The molecule has 4 rings (SSSR count). The van der Waals surface area contributed by atoms with Crippen molar-refractivity contribution in [3.8, 4) is 0 Å². The monoisotopic (exact) mass is 387 g/mol. The average Bonchev–Trinajstić information content (AvgIpc) is 3.41. The predicted molar refractivity (Wildman–Crippen MR) is 101 cm³/mol. The van der Waals surface area contributed by atoms with Gasteiger partial charge in [-0.3, -0.25) is 0 Å². The van der Waals surface area contributed by atoms with E-state index in [-0.39, 0.29) is 12.0 Å². The lowest BCUT2D eigenvalue weighted by Crippen LogP contribution is -2.43. The molecule has 0 amide bonds. The number of sulfonamides is 1. The van der Waals surface area contributed by atoms with Crippen molar-refractivity contribution in [2.75, 3.05) is 0 Å². The number of rotatable bonds is 8. The summed E-state index contributed by atoms with van der Waals surface area (Å²) in [4.78, 5) is 0.343. The molecule has 2 aromatic rings. The number of nitrogens with one attached hydrogen (secondary N) is 2. The standard InChI is InChI=1S/C19H25N5O2S/c25-27(26,16-7-3-1-4-8-16)22-19-15-12-11-14(13-15)17(19)9-5-2-6-10-18-20-23-24-21-18/h1,3-5,7-9,14-15,17,19,22H,2,6,10-13H2,(H,20,21,23,24)/b9-5-/t14-,15+,17+,19+/m1/s1. The van der Waals surface area contributed by atoms with Gasteiger partial charge >= 0.3 is 0 Å². The Morgan fingerprint density at radius 1 is 1.19 bits per heavy atom. The van der Waals surface area contributed by atoms with Crippen molar-refractivity contribution in [1.29, 1.82) is 0 Å². The van der Waals surface area contributed by atoms with E-state index in [0.29, 0.717) is 16.7 Å². The van der Waals surface area contributed by atoms with Crippen molar-refractivity contribution in [2.45, 2.75) is 49.5 Å².